The summed E-state index contributed by atoms with van der Waals surface area (Å²) in [5.74, 6) is -0.240. The van der Waals surface area contributed by atoms with Crippen molar-refractivity contribution in [3.63, 3.8) is 0 Å². The van der Waals surface area contributed by atoms with Gasteiger partial charge in [0.25, 0.3) is 0 Å². The van der Waals surface area contributed by atoms with Crippen LogP contribution < -0.4 is 0 Å². The highest BCUT2D eigenvalue weighted by molar-refractivity contribution is 7.09. The van der Waals surface area contributed by atoms with Gasteiger partial charge in [-0.15, -0.1) is 22.9 Å². The van der Waals surface area contributed by atoms with Gasteiger partial charge in [-0.1, -0.05) is 0 Å². The summed E-state index contributed by atoms with van der Waals surface area (Å²) >= 11 is 7.02. The molecule has 0 aliphatic rings. The van der Waals surface area contributed by atoms with Gasteiger partial charge >= 0.3 is 5.97 Å². The number of alkyl halides is 1. The molecule has 0 saturated carbocycles. The minimum Gasteiger partial charge on any atom is -0.465 e. The third-order valence-corrected chi connectivity index (χ3v) is 3.31. The first-order valence-corrected chi connectivity index (χ1v) is 6.87. The molecule has 0 N–H and O–H groups in total. The van der Waals surface area contributed by atoms with Crippen LogP contribution in [0.25, 0.3) is 0 Å². The lowest BCUT2D eigenvalue weighted by atomic mass is 10.4. The molecule has 0 aliphatic carbocycles. The number of halogens is 1. The second kappa shape index (κ2) is 7.33. The number of aromatic nitrogens is 1. The van der Waals surface area contributed by atoms with Gasteiger partial charge in [0.2, 0.25) is 5.91 Å². The van der Waals surface area contributed by atoms with Crippen molar-refractivity contribution in [3.8, 4) is 0 Å². The van der Waals surface area contributed by atoms with Crippen molar-refractivity contribution in [2.24, 2.45) is 0 Å². The fourth-order valence-corrected chi connectivity index (χ4v) is 2.26. The topological polar surface area (TPSA) is 59.5 Å². The molecule has 7 heteroatoms. The average molecular weight is 291 g/mol. The Balaban J connectivity index is 2.46. The monoisotopic (exact) mass is 290 g/mol. The quantitative estimate of drug-likeness (QED) is 0.588. The number of carbonyl (C=O) groups excluding carboxylic acids is 2. The van der Waals surface area contributed by atoms with Gasteiger partial charge in [0.1, 0.15) is 11.6 Å². The molecule has 0 aliphatic heterocycles. The maximum absolute atomic E-state index is 11.8. The van der Waals surface area contributed by atoms with Crippen LogP contribution in [-0.4, -0.2) is 42.0 Å². The van der Waals surface area contributed by atoms with E-state index < -0.39 is 5.97 Å². The molecule has 0 unspecified atom stereocenters. The Hall–Kier alpha value is -1.14. The van der Waals surface area contributed by atoms with E-state index in [-0.39, 0.29) is 18.9 Å². The molecule has 0 saturated heterocycles. The summed E-state index contributed by atoms with van der Waals surface area (Å²) in [5, 5.41) is 2.52. The predicted molar refractivity (Wildman–Crippen MR) is 69.6 cm³/mol. The van der Waals surface area contributed by atoms with Gasteiger partial charge in [-0.25, -0.2) is 4.98 Å². The van der Waals surface area contributed by atoms with E-state index in [9.17, 15) is 9.59 Å². The van der Waals surface area contributed by atoms with Crippen molar-refractivity contribution in [2.75, 3.05) is 20.2 Å². The summed E-state index contributed by atoms with van der Waals surface area (Å²) in [6.45, 7) is 2.00. The summed E-state index contributed by atoms with van der Waals surface area (Å²) in [5.41, 5.74) is 0.762. The van der Waals surface area contributed by atoms with Crippen LogP contribution in [0.3, 0.4) is 0 Å². The van der Waals surface area contributed by atoms with Crippen LogP contribution in [0.4, 0.5) is 0 Å². The van der Waals surface area contributed by atoms with E-state index in [1.54, 1.807) is 14.0 Å². The number of hydrogen-bond acceptors (Lipinski definition) is 5. The van der Waals surface area contributed by atoms with Crippen molar-refractivity contribution in [1.82, 2.24) is 9.88 Å². The highest BCUT2D eigenvalue weighted by atomic mass is 35.5. The van der Waals surface area contributed by atoms with Gasteiger partial charge in [-0.3, -0.25) is 9.59 Å². The summed E-state index contributed by atoms with van der Waals surface area (Å²) in [7, 11) is 1.56. The smallest absolute Gasteiger partial charge is 0.325 e. The van der Waals surface area contributed by atoms with Crippen molar-refractivity contribution in [1.29, 1.82) is 0 Å². The largest absolute Gasteiger partial charge is 0.465 e. The van der Waals surface area contributed by atoms with Crippen LogP contribution in [0, 0.1) is 0 Å². The first-order valence-electron chi connectivity index (χ1n) is 5.45. The minimum absolute atomic E-state index is 0.0413. The molecule has 1 aromatic heterocycles. The summed E-state index contributed by atoms with van der Waals surface area (Å²) in [4.78, 5) is 28.5. The van der Waals surface area contributed by atoms with Crippen molar-refractivity contribution >= 4 is 34.8 Å². The van der Waals surface area contributed by atoms with Crippen LogP contribution >= 0.6 is 22.9 Å². The van der Waals surface area contributed by atoms with E-state index in [1.165, 1.54) is 16.2 Å². The number of carbonyl (C=O) groups is 2. The Morgan fingerprint density at radius 3 is 2.83 bits per heavy atom. The summed E-state index contributed by atoms with van der Waals surface area (Å²) in [6, 6.07) is 0. The minimum atomic E-state index is -0.408. The number of hydrogen-bond donors (Lipinski definition) is 0. The number of ether oxygens (including phenoxy) is 1. The maximum Gasteiger partial charge on any atom is 0.325 e. The van der Waals surface area contributed by atoms with E-state index in [1.807, 2.05) is 5.38 Å². The second-order valence-corrected chi connectivity index (χ2v) is 4.81. The number of thiazole rings is 1. The molecule has 1 amide bonds. The van der Waals surface area contributed by atoms with Crippen molar-refractivity contribution in [3.05, 3.63) is 16.1 Å². The second-order valence-electron chi connectivity index (χ2n) is 3.60. The van der Waals surface area contributed by atoms with Crippen molar-refractivity contribution in [2.45, 2.75) is 19.2 Å². The van der Waals surface area contributed by atoms with Gasteiger partial charge in [0.15, 0.2) is 0 Å². The van der Waals surface area contributed by atoms with Gasteiger partial charge in [-0.2, -0.15) is 0 Å². The highest BCUT2D eigenvalue weighted by Gasteiger charge is 2.15. The molecule has 0 aromatic carbocycles. The van der Waals surface area contributed by atoms with Gasteiger partial charge in [0, 0.05) is 12.4 Å². The van der Waals surface area contributed by atoms with E-state index >= 15 is 0 Å². The van der Waals surface area contributed by atoms with E-state index in [0.717, 1.165) is 5.69 Å². The molecule has 0 spiro atoms. The van der Waals surface area contributed by atoms with Gasteiger partial charge in [-0.05, 0) is 6.92 Å². The van der Waals surface area contributed by atoms with E-state index in [0.29, 0.717) is 17.5 Å². The third-order valence-electron chi connectivity index (χ3n) is 2.14. The lowest BCUT2D eigenvalue weighted by Crippen LogP contribution is -2.34. The lowest BCUT2D eigenvalue weighted by molar-refractivity contribution is -0.147. The summed E-state index contributed by atoms with van der Waals surface area (Å²) < 4.78 is 4.77. The molecule has 0 atom stereocenters. The number of amides is 1. The van der Waals surface area contributed by atoms with Crippen LogP contribution in [0.15, 0.2) is 5.38 Å². The maximum atomic E-state index is 11.8. The zero-order chi connectivity index (χ0) is 13.5. The lowest BCUT2D eigenvalue weighted by Gasteiger charge is -2.15. The number of esters is 1. The SMILES string of the molecule is CCOC(=O)CN(C)C(=O)Cc1nc(CCl)cs1. The normalized spacial score (nSPS) is 10.2. The molecular formula is C11H15ClN2O3S. The molecule has 1 heterocycles. The van der Waals surface area contributed by atoms with Crippen LogP contribution in [-0.2, 0) is 26.6 Å². The third kappa shape index (κ3) is 4.62. The Bertz CT molecular complexity index is 422. The first-order chi connectivity index (χ1) is 8.56. The van der Waals surface area contributed by atoms with E-state index in [2.05, 4.69) is 4.98 Å². The Morgan fingerprint density at radius 2 is 2.28 bits per heavy atom. The average Bonchev–Trinajstić information content (AvgIpc) is 2.76. The number of likely N-dealkylation sites (N-methyl/N-ethyl adjacent to an activating group) is 1. The molecular weight excluding hydrogens is 276 g/mol. The Morgan fingerprint density at radius 1 is 1.56 bits per heavy atom. The molecule has 0 fully saturated rings. The van der Waals surface area contributed by atoms with Crippen LogP contribution in [0.2, 0.25) is 0 Å². The molecule has 0 bridgehead atoms. The zero-order valence-electron chi connectivity index (χ0n) is 10.3. The highest BCUT2D eigenvalue weighted by Crippen LogP contribution is 2.12. The fourth-order valence-electron chi connectivity index (χ4n) is 1.24. The van der Waals surface area contributed by atoms with Crippen molar-refractivity contribution < 1.29 is 14.3 Å². The molecule has 5 nitrogen and oxygen atoms in total. The number of nitrogens with zero attached hydrogens (tertiary/aromatic N) is 2. The van der Waals surface area contributed by atoms with Crippen LogP contribution in [0.5, 0.6) is 0 Å². The Kier molecular flexibility index (Phi) is 6.07. The van der Waals surface area contributed by atoms with E-state index in [4.69, 9.17) is 16.3 Å². The molecule has 0 radical (unpaired) electrons. The van der Waals surface area contributed by atoms with Gasteiger partial charge in [0.05, 0.1) is 24.6 Å². The predicted octanol–water partition coefficient (Wildman–Crippen LogP) is 1.45. The molecule has 1 aromatic rings. The van der Waals surface area contributed by atoms with Gasteiger partial charge < -0.3 is 9.64 Å². The molecule has 18 heavy (non-hydrogen) atoms. The Labute approximate surface area is 115 Å². The number of rotatable bonds is 6. The fraction of sp³-hybridized carbons (Fsp3) is 0.545. The molecule has 1 rings (SSSR count). The zero-order valence-corrected chi connectivity index (χ0v) is 11.9. The van der Waals surface area contributed by atoms with Crippen LogP contribution in [0.1, 0.15) is 17.6 Å². The first kappa shape index (κ1) is 14.9. The molecule has 100 valence electrons. The summed E-state index contributed by atoms with van der Waals surface area (Å²) in [6.07, 6.45) is 0.178. The standard InChI is InChI=1S/C11H15ClN2O3S/c1-3-17-11(16)6-14(2)10(15)4-9-13-8(5-12)7-18-9/h7H,3-6H2,1-2H3.